The summed E-state index contributed by atoms with van der Waals surface area (Å²) in [4.78, 5) is 17.1. The fourth-order valence-electron chi connectivity index (χ4n) is 4.18. The lowest BCUT2D eigenvalue weighted by Crippen LogP contribution is -2.47. The molecule has 0 saturated heterocycles. The zero-order chi connectivity index (χ0) is 19.0. The lowest BCUT2D eigenvalue weighted by Gasteiger charge is -2.30. The first-order chi connectivity index (χ1) is 13.0. The SMILES string of the molecule is CCC1=NC2CC(NC(=O)N[C@H](C)c3oc4ccccc4c3C)CCC2O1. The number of carbonyl (C=O) groups is 1. The highest BCUT2D eigenvalue weighted by Crippen LogP contribution is 2.30. The number of furan rings is 1. The number of aliphatic imine (C=N–C) groups is 1. The van der Waals surface area contributed by atoms with Gasteiger partial charge in [-0.1, -0.05) is 25.1 Å². The summed E-state index contributed by atoms with van der Waals surface area (Å²) in [5.74, 6) is 1.65. The van der Waals surface area contributed by atoms with Gasteiger partial charge in [-0.25, -0.2) is 9.79 Å². The number of hydrogen-bond donors (Lipinski definition) is 2. The van der Waals surface area contributed by atoms with Crippen molar-refractivity contribution in [2.75, 3.05) is 0 Å². The third-order valence-electron chi connectivity index (χ3n) is 5.61. The first-order valence-electron chi connectivity index (χ1n) is 9.83. The Hall–Kier alpha value is -2.50. The molecule has 2 aliphatic rings. The Labute approximate surface area is 159 Å². The van der Waals surface area contributed by atoms with Crippen LogP contribution in [0.1, 0.15) is 56.9 Å². The van der Waals surface area contributed by atoms with Gasteiger partial charge in [0.25, 0.3) is 0 Å². The molecule has 6 nitrogen and oxygen atoms in total. The fraction of sp³-hybridized carbons (Fsp3) is 0.524. The molecule has 2 N–H and O–H groups in total. The van der Waals surface area contributed by atoms with E-state index < -0.39 is 0 Å². The first kappa shape index (κ1) is 17.9. The summed E-state index contributed by atoms with van der Waals surface area (Å²) < 4.78 is 11.8. The molecule has 6 heteroatoms. The van der Waals surface area contributed by atoms with E-state index >= 15 is 0 Å². The van der Waals surface area contributed by atoms with Crippen LogP contribution in [0.4, 0.5) is 4.79 Å². The second kappa shape index (κ2) is 7.25. The van der Waals surface area contributed by atoms with E-state index in [1.54, 1.807) is 0 Å². The lowest BCUT2D eigenvalue weighted by molar-refractivity contribution is 0.134. The van der Waals surface area contributed by atoms with Crippen molar-refractivity contribution >= 4 is 22.9 Å². The maximum Gasteiger partial charge on any atom is 0.315 e. The van der Waals surface area contributed by atoms with Crippen molar-refractivity contribution < 1.29 is 13.9 Å². The van der Waals surface area contributed by atoms with Crippen LogP contribution >= 0.6 is 0 Å². The molecule has 1 aromatic carbocycles. The number of benzene rings is 1. The summed E-state index contributed by atoms with van der Waals surface area (Å²) in [5.41, 5.74) is 1.92. The molecule has 2 amide bonds. The van der Waals surface area contributed by atoms with Gasteiger partial charge in [0.15, 0.2) is 5.90 Å². The largest absolute Gasteiger partial charge is 0.475 e. The number of ether oxygens (including phenoxy) is 1. The molecule has 2 aromatic rings. The Morgan fingerprint density at radius 1 is 1.33 bits per heavy atom. The second-order valence-electron chi connectivity index (χ2n) is 7.54. The molecule has 1 aromatic heterocycles. The number of aryl methyl sites for hydroxylation is 1. The molecular weight excluding hydrogens is 342 g/mol. The molecule has 0 spiro atoms. The number of fused-ring (bicyclic) bond motifs is 2. The summed E-state index contributed by atoms with van der Waals surface area (Å²) in [5, 5.41) is 7.20. The molecule has 27 heavy (non-hydrogen) atoms. The number of urea groups is 1. The van der Waals surface area contributed by atoms with Crippen LogP contribution in [-0.2, 0) is 4.74 Å². The van der Waals surface area contributed by atoms with Gasteiger partial charge in [-0.3, -0.25) is 0 Å². The Balaban J connectivity index is 1.36. The van der Waals surface area contributed by atoms with Crippen molar-refractivity contribution in [3.63, 3.8) is 0 Å². The Kier molecular flexibility index (Phi) is 4.81. The third-order valence-corrected chi connectivity index (χ3v) is 5.61. The average molecular weight is 369 g/mol. The van der Waals surface area contributed by atoms with Gasteiger partial charge < -0.3 is 19.8 Å². The molecule has 1 aliphatic heterocycles. The normalized spacial score (nSPS) is 25.4. The maximum atomic E-state index is 12.5. The number of nitrogens with zero attached hydrogens (tertiary/aromatic N) is 1. The van der Waals surface area contributed by atoms with Gasteiger partial charge in [-0.2, -0.15) is 0 Å². The predicted molar refractivity (Wildman–Crippen MR) is 105 cm³/mol. The van der Waals surface area contributed by atoms with Gasteiger partial charge in [-0.05, 0) is 39.2 Å². The average Bonchev–Trinajstić information content (AvgIpc) is 3.22. The van der Waals surface area contributed by atoms with Gasteiger partial charge >= 0.3 is 6.03 Å². The number of carbonyl (C=O) groups excluding carboxylic acids is 1. The molecule has 144 valence electrons. The Morgan fingerprint density at radius 2 is 2.15 bits per heavy atom. The Bertz CT molecular complexity index is 873. The van der Waals surface area contributed by atoms with Crippen LogP contribution in [-0.4, -0.2) is 30.1 Å². The topological polar surface area (TPSA) is 75.9 Å². The van der Waals surface area contributed by atoms with Gasteiger partial charge in [0, 0.05) is 23.4 Å². The zero-order valence-corrected chi connectivity index (χ0v) is 16.1. The van der Waals surface area contributed by atoms with E-state index in [1.807, 2.05) is 38.1 Å². The minimum absolute atomic E-state index is 0.124. The molecule has 4 atom stereocenters. The number of amides is 2. The maximum absolute atomic E-state index is 12.5. The van der Waals surface area contributed by atoms with E-state index in [1.165, 1.54) is 0 Å². The summed E-state index contributed by atoms with van der Waals surface area (Å²) in [7, 11) is 0. The van der Waals surface area contributed by atoms with Crippen molar-refractivity contribution in [1.82, 2.24) is 10.6 Å². The highest BCUT2D eigenvalue weighted by molar-refractivity contribution is 5.82. The van der Waals surface area contributed by atoms with Crippen molar-refractivity contribution in [2.24, 2.45) is 4.99 Å². The summed E-state index contributed by atoms with van der Waals surface area (Å²) in [6.07, 6.45) is 3.71. The van der Waals surface area contributed by atoms with E-state index in [4.69, 9.17) is 9.15 Å². The summed E-state index contributed by atoms with van der Waals surface area (Å²) in [6.45, 7) is 6.03. The van der Waals surface area contributed by atoms with Gasteiger partial charge in [0.1, 0.15) is 17.4 Å². The molecule has 1 aliphatic carbocycles. The standard InChI is InChI=1S/C21H27N3O3/c1-4-19-24-16-11-14(9-10-18(16)26-19)23-21(25)22-13(3)20-12(2)15-7-5-6-8-17(15)27-20/h5-8,13-14,16,18H,4,9-11H2,1-3H3,(H2,22,23,25)/t13-,14?,16?,18?/m1/s1. The number of hydrogen-bond acceptors (Lipinski definition) is 4. The van der Waals surface area contributed by atoms with Crippen LogP contribution in [0.25, 0.3) is 11.0 Å². The molecule has 1 fully saturated rings. The van der Waals surface area contributed by atoms with Crippen LogP contribution in [0, 0.1) is 6.92 Å². The minimum Gasteiger partial charge on any atom is -0.475 e. The van der Waals surface area contributed by atoms with E-state index in [9.17, 15) is 4.79 Å². The fourth-order valence-corrected chi connectivity index (χ4v) is 4.18. The van der Waals surface area contributed by atoms with Crippen molar-refractivity contribution in [1.29, 1.82) is 0 Å². The molecule has 4 rings (SSSR count). The third kappa shape index (κ3) is 3.53. The van der Waals surface area contributed by atoms with Gasteiger partial charge in [0.2, 0.25) is 0 Å². The van der Waals surface area contributed by atoms with E-state index in [0.29, 0.717) is 0 Å². The van der Waals surface area contributed by atoms with Gasteiger partial charge in [0.05, 0.1) is 12.1 Å². The molecular formula is C21H27N3O3. The Morgan fingerprint density at radius 3 is 2.93 bits per heavy atom. The predicted octanol–water partition coefficient (Wildman–Crippen LogP) is 4.23. The molecule has 2 heterocycles. The molecule has 0 radical (unpaired) electrons. The molecule has 3 unspecified atom stereocenters. The highest BCUT2D eigenvalue weighted by Gasteiger charge is 2.37. The molecule has 1 saturated carbocycles. The quantitative estimate of drug-likeness (QED) is 0.847. The van der Waals surface area contributed by atoms with Crippen LogP contribution in [0.5, 0.6) is 0 Å². The highest BCUT2D eigenvalue weighted by atomic mass is 16.5. The van der Waals surface area contributed by atoms with Crippen LogP contribution < -0.4 is 10.6 Å². The van der Waals surface area contributed by atoms with Crippen molar-refractivity contribution in [3.05, 3.63) is 35.6 Å². The monoisotopic (exact) mass is 369 g/mol. The van der Waals surface area contributed by atoms with E-state index in [2.05, 4.69) is 22.5 Å². The van der Waals surface area contributed by atoms with E-state index in [0.717, 1.165) is 53.9 Å². The second-order valence-corrected chi connectivity index (χ2v) is 7.54. The number of nitrogens with one attached hydrogen (secondary N) is 2. The number of para-hydroxylation sites is 1. The van der Waals surface area contributed by atoms with Gasteiger partial charge in [-0.15, -0.1) is 0 Å². The lowest BCUT2D eigenvalue weighted by atomic mass is 9.89. The smallest absolute Gasteiger partial charge is 0.315 e. The van der Waals surface area contributed by atoms with Crippen molar-refractivity contribution in [2.45, 2.75) is 70.7 Å². The van der Waals surface area contributed by atoms with Crippen LogP contribution in [0.3, 0.4) is 0 Å². The van der Waals surface area contributed by atoms with Crippen LogP contribution in [0.2, 0.25) is 0 Å². The summed E-state index contributed by atoms with van der Waals surface area (Å²) in [6, 6.07) is 7.87. The summed E-state index contributed by atoms with van der Waals surface area (Å²) >= 11 is 0. The van der Waals surface area contributed by atoms with Crippen LogP contribution in [0.15, 0.2) is 33.7 Å². The molecule has 0 bridgehead atoms. The van der Waals surface area contributed by atoms with Crippen molar-refractivity contribution in [3.8, 4) is 0 Å². The number of rotatable bonds is 4. The van der Waals surface area contributed by atoms with E-state index in [-0.39, 0.29) is 30.3 Å². The first-order valence-corrected chi connectivity index (χ1v) is 9.83. The minimum atomic E-state index is -0.201. The zero-order valence-electron chi connectivity index (χ0n) is 16.1.